The number of fused-ring (bicyclic) bond motifs is 1. The van der Waals surface area contributed by atoms with Crippen LogP contribution in [0.4, 0.5) is 5.69 Å². The summed E-state index contributed by atoms with van der Waals surface area (Å²) in [5.41, 5.74) is 3.34. The van der Waals surface area contributed by atoms with Crippen LogP contribution in [0, 0.1) is 0 Å². The molecule has 5 nitrogen and oxygen atoms in total. The number of hydrogen-bond acceptors (Lipinski definition) is 4. The highest BCUT2D eigenvalue weighted by Gasteiger charge is 2.28. The second-order valence-corrected chi connectivity index (χ2v) is 9.88. The molecule has 1 aliphatic heterocycles. The molecule has 1 N–H and O–H groups in total. The molecule has 0 atom stereocenters. The summed E-state index contributed by atoms with van der Waals surface area (Å²) >= 11 is 1.63. The zero-order valence-electron chi connectivity index (χ0n) is 16.5. The van der Waals surface area contributed by atoms with Crippen LogP contribution in [0.5, 0.6) is 0 Å². The third kappa shape index (κ3) is 4.28. The molecule has 0 fully saturated rings. The van der Waals surface area contributed by atoms with Gasteiger partial charge in [-0.3, -0.25) is 4.79 Å². The fourth-order valence-electron chi connectivity index (χ4n) is 3.48. The molecule has 4 rings (SSSR count). The van der Waals surface area contributed by atoms with E-state index in [1.54, 1.807) is 23.9 Å². The Hall–Kier alpha value is -2.61. The first-order valence-corrected chi connectivity index (χ1v) is 12.3. The van der Waals surface area contributed by atoms with Crippen LogP contribution in [0.2, 0.25) is 0 Å². The number of carbonyl (C=O) groups is 1. The van der Waals surface area contributed by atoms with Crippen molar-refractivity contribution in [2.75, 3.05) is 18.1 Å². The summed E-state index contributed by atoms with van der Waals surface area (Å²) in [6, 6.07) is 21.6. The Morgan fingerprint density at radius 3 is 2.27 bits per heavy atom. The first-order chi connectivity index (χ1) is 14.5. The summed E-state index contributed by atoms with van der Waals surface area (Å²) < 4.78 is 27.6. The molecule has 1 heterocycles. The van der Waals surface area contributed by atoms with Crippen molar-refractivity contribution in [2.45, 2.75) is 22.8 Å². The summed E-state index contributed by atoms with van der Waals surface area (Å²) in [6.07, 6.45) is 2.69. The van der Waals surface area contributed by atoms with Crippen LogP contribution < -0.4 is 5.32 Å². The molecule has 154 valence electrons. The van der Waals surface area contributed by atoms with Crippen molar-refractivity contribution in [3.05, 3.63) is 89.5 Å². The van der Waals surface area contributed by atoms with Crippen LogP contribution in [0.15, 0.2) is 82.6 Å². The van der Waals surface area contributed by atoms with E-state index in [0.29, 0.717) is 30.8 Å². The molecule has 0 aliphatic carbocycles. The minimum absolute atomic E-state index is 0.197. The molecule has 0 spiro atoms. The van der Waals surface area contributed by atoms with E-state index in [0.717, 1.165) is 10.5 Å². The van der Waals surface area contributed by atoms with Gasteiger partial charge in [0.2, 0.25) is 10.0 Å². The molecule has 30 heavy (non-hydrogen) atoms. The Morgan fingerprint density at radius 1 is 0.933 bits per heavy atom. The lowest BCUT2D eigenvalue weighted by atomic mass is 10.0. The highest BCUT2D eigenvalue weighted by molar-refractivity contribution is 7.98. The third-order valence-corrected chi connectivity index (χ3v) is 7.80. The van der Waals surface area contributed by atoms with E-state index >= 15 is 0 Å². The molecular formula is C23H22N2O3S2. The Balaban J connectivity index is 1.47. The first-order valence-electron chi connectivity index (χ1n) is 9.60. The average molecular weight is 439 g/mol. The number of benzene rings is 3. The van der Waals surface area contributed by atoms with Crippen LogP contribution in [-0.4, -0.2) is 31.4 Å². The topological polar surface area (TPSA) is 66.5 Å². The van der Waals surface area contributed by atoms with E-state index in [9.17, 15) is 13.2 Å². The maximum absolute atomic E-state index is 13.1. The van der Waals surface area contributed by atoms with Gasteiger partial charge in [-0.05, 0) is 72.3 Å². The van der Waals surface area contributed by atoms with Crippen molar-refractivity contribution in [1.29, 1.82) is 0 Å². The molecule has 1 aliphatic rings. The van der Waals surface area contributed by atoms with E-state index in [1.165, 1.54) is 22.0 Å². The van der Waals surface area contributed by atoms with E-state index in [-0.39, 0.29) is 10.8 Å². The summed E-state index contributed by atoms with van der Waals surface area (Å²) in [5.74, 6) is -0.275. The number of rotatable bonds is 5. The maximum Gasteiger partial charge on any atom is 0.255 e. The molecule has 3 aromatic rings. The van der Waals surface area contributed by atoms with Crippen LogP contribution in [0.1, 0.15) is 21.5 Å². The van der Waals surface area contributed by atoms with Gasteiger partial charge in [-0.2, -0.15) is 4.31 Å². The number of sulfonamides is 1. The Bertz CT molecular complexity index is 1160. The van der Waals surface area contributed by atoms with Gasteiger partial charge in [0.25, 0.3) is 5.91 Å². The minimum Gasteiger partial charge on any atom is -0.322 e. The summed E-state index contributed by atoms with van der Waals surface area (Å²) in [7, 11) is -3.61. The predicted molar refractivity (Wildman–Crippen MR) is 120 cm³/mol. The Kier molecular flexibility index (Phi) is 5.94. The van der Waals surface area contributed by atoms with Gasteiger partial charge in [0.15, 0.2) is 0 Å². The van der Waals surface area contributed by atoms with Gasteiger partial charge in [-0.1, -0.05) is 24.3 Å². The van der Waals surface area contributed by atoms with Crippen molar-refractivity contribution in [1.82, 2.24) is 4.31 Å². The highest BCUT2D eigenvalue weighted by atomic mass is 32.2. The number of carbonyl (C=O) groups excluding carboxylic acids is 1. The van der Waals surface area contributed by atoms with Crippen molar-refractivity contribution >= 4 is 33.4 Å². The molecule has 0 bridgehead atoms. The highest BCUT2D eigenvalue weighted by Crippen LogP contribution is 2.25. The minimum atomic E-state index is -3.61. The lowest BCUT2D eigenvalue weighted by Crippen LogP contribution is -2.35. The number of hydrogen-bond donors (Lipinski definition) is 1. The summed E-state index contributed by atoms with van der Waals surface area (Å²) in [5, 5.41) is 2.83. The monoisotopic (exact) mass is 438 g/mol. The van der Waals surface area contributed by atoms with Gasteiger partial charge in [-0.25, -0.2) is 8.42 Å². The van der Waals surface area contributed by atoms with Crippen molar-refractivity contribution in [3.8, 4) is 0 Å². The van der Waals surface area contributed by atoms with E-state index in [4.69, 9.17) is 0 Å². The lowest BCUT2D eigenvalue weighted by molar-refractivity contribution is 0.102. The molecule has 1 amide bonds. The van der Waals surface area contributed by atoms with Gasteiger partial charge in [0.1, 0.15) is 0 Å². The molecule has 3 aromatic carbocycles. The largest absolute Gasteiger partial charge is 0.322 e. The Labute approximate surface area is 181 Å². The second kappa shape index (κ2) is 8.63. The normalized spacial score (nSPS) is 14.2. The van der Waals surface area contributed by atoms with E-state index < -0.39 is 10.0 Å². The summed E-state index contributed by atoms with van der Waals surface area (Å²) in [4.78, 5) is 13.8. The van der Waals surface area contributed by atoms with Crippen molar-refractivity contribution < 1.29 is 13.2 Å². The average Bonchev–Trinajstić information content (AvgIpc) is 2.79. The fourth-order valence-corrected chi connectivity index (χ4v) is 5.31. The van der Waals surface area contributed by atoms with Crippen molar-refractivity contribution in [2.24, 2.45) is 0 Å². The van der Waals surface area contributed by atoms with Crippen LogP contribution in [-0.2, 0) is 23.0 Å². The van der Waals surface area contributed by atoms with Crippen LogP contribution in [0.3, 0.4) is 0 Å². The van der Waals surface area contributed by atoms with Crippen LogP contribution in [0.25, 0.3) is 0 Å². The number of thioether (sulfide) groups is 1. The number of amides is 1. The first kappa shape index (κ1) is 20.7. The molecule has 0 radical (unpaired) electrons. The maximum atomic E-state index is 13.1. The number of nitrogens with zero attached hydrogens (tertiary/aromatic N) is 1. The van der Waals surface area contributed by atoms with E-state index in [1.807, 2.05) is 54.8 Å². The molecule has 0 unspecified atom stereocenters. The quantitative estimate of drug-likeness (QED) is 0.600. The molecule has 0 aromatic heterocycles. The third-order valence-electron chi connectivity index (χ3n) is 5.20. The van der Waals surface area contributed by atoms with Gasteiger partial charge >= 0.3 is 0 Å². The number of anilines is 1. The molecular weight excluding hydrogens is 416 g/mol. The van der Waals surface area contributed by atoms with Gasteiger partial charge in [0, 0.05) is 29.2 Å². The number of nitrogens with one attached hydrogen (secondary N) is 1. The molecule has 7 heteroatoms. The van der Waals surface area contributed by atoms with Crippen molar-refractivity contribution in [3.63, 3.8) is 0 Å². The van der Waals surface area contributed by atoms with Gasteiger partial charge in [-0.15, -0.1) is 11.8 Å². The van der Waals surface area contributed by atoms with Crippen LogP contribution >= 0.6 is 11.8 Å². The van der Waals surface area contributed by atoms with Gasteiger partial charge in [0.05, 0.1) is 4.90 Å². The molecule has 0 saturated heterocycles. The second-order valence-electron chi connectivity index (χ2n) is 7.06. The fraction of sp³-hybridized carbons (Fsp3) is 0.174. The standard InChI is InChI=1S/C23H22N2O3S2/c1-29-21-10-8-20(9-11-21)24-23(26)18-6-12-22(13-7-18)30(27,28)25-15-14-17-4-2-3-5-19(17)16-25/h2-13H,14-16H2,1H3,(H,24,26). The zero-order chi connectivity index (χ0) is 21.1. The Morgan fingerprint density at radius 2 is 1.60 bits per heavy atom. The summed E-state index contributed by atoms with van der Waals surface area (Å²) in [6.45, 7) is 0.820. The zero-order valence-corrected chi connectivity index (χ0v) is 18.2. The van der Waals surface area contributed by atoms with Gasteiger partial charge < -0.3 is 5.32 Å². The smallest absolute Gasteiger partial charge is 0.255 e. The lowest BCUT2D eigenvalue weighted by Gasteiger charge is -2.28. The van der Waals surface area contributed by atoms with E-state index in [2.05, 4.69) is 5.32 Å². The molecule has 0 saturated carbocycles. The SMILES string of the molecule is CSc1ccc(NC(=O)c2ccc(S(=O)(=O)N3CCc4ccccc4C3)cc2)cc1. The predicted octanol–water partition coefficient (Wildman–Crippen LogP) is 4.41.